The number of nitrogens with one attached hydrogen (secondary N) is 1. The fraction of sp³-hybridized carbons (Fsp3) is 0. The molecule has 0 aliphatic carbocycles. The van der Waals surface area contributed by atoms with Gasteiger partial charge in [-0.05, 0) is 35.0 Å². The molecular formula is C17H10F3NO4S. The Balaban J connectivity index is 2.14. The summed E-state index contributed by atoms with van der Waals surface area (Å²) in [6.07, 6.45) is 0. The maximum Gasteiger partial charge on any atom is 0.337 e. The van der Waals surface area contributed by atoms with E-state index in [0.717, 1.165) is 0 Å². The van der Waals surface area contributed by atoms with Crippen LogP contribution in [-0.2, 0) is 10.0 Å². The number of benzene rings is 3. The molecule has 26 heavy (non-hydrogen) atoms. The van der Waals surface area contributed by atoms with E-state index in [1.54, 1.807) is 24.3 Å². The van der Waals surface area contributed by atoms with Gasteiger partial charge in [0, 0.05) is 0 Å². The molecule has 0 heterocycles. The normalized spacial score (nSPS) is 11.5. The number of hydrogen-bond donors (Lipinski definition) is 2. The average Bonchev–Trinajstić information content (AvgIpc) is 2.58. The highest BCUT2D eigenvalue weighted by Crippen LogP contribution is 2.28. The number of carboxylic acids is 1. The van der Waals surface area contributed by atoms with Crippen LogP contribution in [0.3, 0.4) is 0 Å². The number of fused-ring (bicyclic) bond motifs is 1. The second-order valence-electron chi connectivity index (χ2n) is 5.33. The predicted octanol–water partition coefficient (Wildman–Crippen LogP) is 3.76. The molecule has 0 bridgehead atoms. The van der Waals surface area contributed by atoms with Crippen LogP contribution >= 0.6 is 0 Å². The van der Waals surface area contributed by atoms with Gasteiger partial charge >= 0.3 is 5.97 Å². The standard InChI is InChI=1S/C17H10F3NO4S/c18-12-5-6-14(16(20)15(12)19)26(24,25)21-13-8-10-4-2-1-3-9(10)7-11(13)17(22)23/h1-8,21H,(H,22,23). The first-order valence-corrected chi connectivity index (χ1v) is 8.61. The molecule has 2 N–H and O–H groups in total. The third-order valence-corrected chi connectivity index (χ3v) is 5.03. The molecule has 0 amide bonds. The summed E-state index contributed by atoms with van der Waals surface area (Å²) in [6.45, 7) is 0. The fourth-order valence-corrected chi connectivity index (χ4v) is 3.56. The van der Waals surface area contributed by atoms with Crippen LogP contribution in [0.15, 0.2) is 53.4 Å². The minimum atomic E-state index is -4.70. The number of sulfonamides is 1. The van der Waals surface area contributed by atoms with Crippen molar-refractivity contribution >= 4 is 32.5 Å². The molecule has 0 radical (unpaired) electrons. The van der Waals surface area contributed by atoms with Crippen LogP contribution in [0.1, 0.15) is 10.4 Å². The first-order valence-electron chi connectivity index (χ1n) is 7.13. The predicted molar refractivity (Wildman–Crippen MR) is 88.0 cm³/mol. The Morgan fingerprint density at radius 2 is 1.54 bits per heavy atom. The van der Waals surface area contributed by atoms with Gasteiger partial charge in [-0.3, -0.25) is 4.72 Å². The second-order valence-corrected chi connectivity index (χ2v) is 6.98. The number of carbonyl (C=O) groups is 1. The van der Waals surface area contributed by atoms with Crippen molar-refractivity contribution in [1.29, 1.82) is 0 Å². The summed E-state index contributed by atoms with van der Waals surface area (Å²) >= 11 is 0. The largest absolute Gasteiger partial charge is 0.478 e. The minimum absolute atomic E-state index is 0.333. The Morgan fingerprint density at radius 3 is 2.15 bits per heavy atom. The Bertz CT molecular complexity index is 1150. The van der Waals surface area contributed by atoms with Crippen molar-refractivity contribution in [3.8, 4) is 0 Å². The number of rotatable bonds is 4. The van der Waals surface area contributed by atoms with Gasteiger partial charge in [0.15, 0.2) is 17.5 Å². The molecule has 134 valence electrons. The molecule has 3 aromatic carbocycles. The Morgan fingerprint density at radius 1 is 0.923 bits per heavy atom. The van der Waals surface area contributed by atoms with Gasteiger partial charge in [-0.1, -0.05) is 24.3 Å². The van der Waals surface area contributed by atoms with E-state index < -0.39 is 38.3 Å². The zero-order valence-electron chi connectivity index (χ0n) is 12.8. The lowest BCUT2D eigenvalue weighted by Crippen LogP contribution is -2.18. The molecule has 0 saturated carbocycles. The lowest BCUT2D eigenvalue weighted by atomic mass is 10.1. The van der Waals surface area contributed by atoms with E-state index in [1.807, 2.05) is 4.72 Å². The summed E-state index contributed by atoms with van der Waals surface area (Å²) in [5, 5.41) is 10.4. The molecule has 0 aliphatic heterocycles. The molecule has 5 nitrogen and oxygen atoms in total. The van der Waals surface area contributed by atoms with Crippen LogP contribution in [-0.4, -0.2) is 19.5 Å². The summed E-state index contributed by atoms with van der Waals surface area (Å²) in [6, 6.07) is 10.1. The van der Waals surface area contributed by atoms with Crippen molar-refractivity contribution in [1.82, 2.24) is 0 Å². The van der Waals surface area contributed by atoms with Gasteiger partial charge < -0.3 is 5.11 Å². The van der Waals surface area contributed by atoms with Gasteiger partial charge in [0.25, 0.3) is 10.0 Å². The molecule has 3 aromatic rings. The van der Waals surface area contributed by atoms with Crippen LogP contribution in [0.4, 0.5) is 18.9 Å². The van der Waals surface area contributed by atoms with Crippen molar-refractivity contribution in [3.63, 3.8) is 0 Å². The summed E-state index contributed by atoms with van der Waals surface area (Å²) in [5.74, 6) is -6.79. The molecule has 0 aliphatic rings. The van der Waals surface area contributed by atoms with Gasteiger partial charge in [-0.15, -0.1) is 0 Å². The molecule has 0 atom stereocenters. The summed E-state index contributed by atoms with van der Waals surface area (Å²) in [4.78, 5) is 10.3. The van der Waals surface area contributed by atoms with E-state index in [0.29, 0.717) is 22.9 Å². The molecule has 0 spiro atoms. The van der Waals surface area contributed by atoms with E-state index in [2.05, 4.69) is 0 Å². The Labute approximate surface area is 145 Å². The third-order valence-electron chi connectivity index (χ3n) is 3.65. The van der Waals surface area contributed by atoms with E-state index in [9.17, 15) is 31.5 Å². The summed E-state index contributed by atoms with van der Waals surface area (Å²) in [5.41, 5.74) is -0.712. The summed E-state index contributed by atoms with van der Waals surface area (Å²) in [7, 11) is -4.70. The zero-order valence-corrected chi connectivity index (χ0v) is 13.6. The lowest BCUT2D eigenvalue weighted by Gasteiger charge is -2.13. The number of anilines is 1. The molecule has 0 unspecified atom stereocenters. The van der Waals surface area contributed by atoms with Crippen molar-refractivity contribution in [2.45, 2.75) is 4.90 Å². The maximum atomic E-state index is 13.8. The van der Waals surface area contributed by atoms with E-state index >= 15 is 0 Å². The van der Waals surface area contributed by atoms with Crippen LogP contribution in [0.2, 0.25) is 0 Å². The number of carboxylic acid groups (broad SMARTS) is 1. The lowest BCUT2D eigenvalue weighted by molar-refractivity contribution is 0.0698. The van der Waals surface area contributed by atoms with Gasteiger partial charge in [0.1, 0.15) is 4.90 Å². The van der Waals surface area contributed by atoms with Crippen LogP contribution in [0.5, 0.6) is 0 Å². The van der Waals surface area contributed by atoms with Crippen molar-refractivity contribution < 1.29 is 31.5 Å². The van der Waals surface area contributed by atoms with Gasteiger partial charge in [0.05, 0.1) is 11.3 Å². The minimum Gasteiger partial charge on any atom is -0.478 e. The molecule has 9 heteroatoms. The smallest absolute Gasteiger partial charge is 0.337 e. The van der Waals surface area contributed by atoms with Gasteiger partial charge in [-0.25, -0.2) is 26.4 Å². The van der Waals surface area contributed by atoms with Crippen molar-refractivity contribution in [2.75, 3.05) is 4.72 Å². The highest BCUT2D eigenvalue weighted by atomic mass is 32.2. The SMILES string of the molecule is O=C(O)c1cc2ccccc2cc1NS(=O)(=O)c1ccc(F)c(F)c1F. The monoisotopic (exact) mass is 381 g/mol. The molecular weight excluding hydrogens is 371 g/mol. The molecule has 3 rings (SSSR count). The van der Waals surface area contributed by atoms with Crippen LogP contribution < -0.4 is 4.72 Å². The average molecular weight is 381 g/mol. The number of hydrogen-bond acceptors (Lipinski definition) is 3. The fourth-order valence-electron chi connectivity index (χ4n) is 2.42. The molecule has 0 aromatic heterocycles. The van der Waals surface area contributed by atoms with Gasteiger partial charge in [-0.2, -0.15) is 0 Å². The number of halogens is 3. The molecule has 0 fully saturated rings. The highest BCUT2D eigenvalue weighted by molar-refractivity contribution is 7.92. The topological polar surface area (TPSA) is 83.5 Å². The molecule has 0 saturated heterocycles. The quantitative estimate of drug-likeness (QED) is 0.674. The zero-order chi connectivity index (χ0) is 19.1. The Hall–Kier alpha value is -3.07. The van der Waals surface area contributed by atoms with E-state index in [-0.39, 0.29) is 11.3 Å². The van der Waals surface area contributed by atoms with Crippen molar-refractivity contribution in [2.24, 2.45) is 0 Å². The highest BCUT2D eigenvalue weighted by Gasteiger charge is 2.26. The van der Waals surface area contributed by atoms with Crippen molar-refractivity contribution in [3.05, 3.63) is 71.5 Å². The Kier molecular flexibility index (Phi) is 4.33. The third kappa shape index (κ3) is 3.08. The first kappa shape index (κ1) is 17.7. The number of aromatic carboxylic acids is 1. The van der Waals surface area contributed by atoms with E-state index in [4.69, 9.17) is 0 Å². The van der Waals surface area contributed by atoms with E-state index in [1.165, 1.54) is 12.1 Å². The van der Waals surface area contributed by atoms with Crippen LogP contribution in [0.25, 0.3) is 10.8 Å². The second kappa shape index (κ2) is 6.34. The summed E-state index contributed by atoms with van der Waals surface area (Å²) < 4.78 is 66.8. The first-order chi connectivity index (χ1) is 12.2. The van der Waals surface area contributed by atoms with Gasteiger partial charge in [0.2, 0.25) is 0 Å². The maximum absolute atomic E-state index is 13.8. The van der Waals surface area contributed by atoms with Crippen LogP contribution in [0, 0.1) is 17.5 Å².